The predicted molar refractivity (Wildman–Crippen MR) is 72.0 cm³/mol. The predicted octanol–water partition coefficient (Wildman–Crippen LogP) is 0.932. The van der Waals surface area contributed by atoms with Crippen molar-refractivity contribution in [1.82, 2.24) is 24.1 Å². The lowest BCUT2D eigenvalue weighted by molar-refractivity contribution is -0.636. The van der Waals surface area contributed by atoms with Crippen molar-refractivity contribution in [2.45, 2.75) is 6.54 Å². The van der Waals surface area contributed by atoms with Gasteiger partial charge >= 0.3 is 5.65 Å². The normalized spacial score (nSPS) is 13.1. The number of hydrogen-bond acceptors (Lipinski definition) is 3. The molecule has 0 aliphatic carbocycles. The fraction of sp³-hybridized carbons (Fsp3) is 0.143. The highest BCUT2D eigenvalue weighted by Gasteiger charge is 2.34. The number of rotatable bonds is 0. The Labute approximate surface area is 113 Å². The van der Waals surface area contributed by atoms with Crippen LogP contribution in [0.1, 0.15) is 5.56 Å². The van der Waals surface area contributed by atoms with Crippen molar-refractivity contribution < 1.29 is 4.57 Å². The molecule has 4 aromatic heterocycles. The Hall–Kier alpha value is -2.76. The van der Waals surface area contributed by atoms with E-state index < -0.39 is 0 Å². The topological polar surface area (TPSA) is 51.9 Å². The average molecular weight is 263 g/mol. The van der Waals surface area contributed by atoms with Gasteiger partial charge in [-0.1, -0.05) is 0 Å². The first-order valence-corrected chi connectivity index (χ1v) is 6.50. The maximum Gasteiger partial charge on any atom is 0.314 e. The zero-order chi connectivity index (χ0) is 13.3. The molecule has 20 heavy (non-hydrogen) atoms. The van der Waals surface area contributed by atoms with Gasteiger partial charge in [0.2, 0.25) is 11.5 Å². The molecule has 6 nitrogen and oxygen atoms in total. The third-order valence-electron chi connectivity index (χ3n) is 3.97. The van der Waals surface area contributed by atoms with Crippen LogP contribution < -0.4 is 4.57 Å². The van der Waals surface area contributed by atoms with Crippen molar-refractivity contribution in [3.05, 3.63) is 42.4 Å². The van der Waals surface area contributed by atoms with Crippen LogP contribution >= 0.6 is 0 Å². The summed E-state index contributed by atoms with van der Waals surface area (Å²) in [5.74, 6) is 1.17. The van der Waals surface area contributed by atoms with Gasteiger partial charge in [-0.05, 0) is 12.1 Å². The van der Waals surface area contributed by atoms with E-state index in [4.69, 9.17) is 4.98 Å². The number of fused-ring (bicyclic) bond motifs is 7. The lowest BCUT2D eigenvalue weighted by atomic mass is 10.2. The highest BCUT2D eigenvalue weighted by molar-refractivity contribution is 5.77. The van der Waals surface area contributed by atoms with E-state index in [2.05, 4.69) is 32.3 Å². The Kier molecular flexibility index (Phi) is 1.62. The second kappa shape index (κ2) is 3.22. The Balaban J connectivity index is 1.98. The molecule has 0 fully saturated rings. The van der Waals surface area contributed by atoms with Crippen molar-refractivity contribution in [2.24, 2.45) is 7.05 Å². The summed E-state index contributed by atoms with van der Waals surface area (Å²) in [5, 5.41) is 4.41. The summed E-state index contributed by atoms with van der Waals surface area (Å²) in [4.78, 5) is 8.92. The first-order valence-electron chi connectivity index (χ1n) is 6.50. The number of pyridine rings is 1. The van der Waals surface area contributed by atoms with Crippen LogP contribution in [0.4, 0.5) is 0 Å². The van der Waals surface area contributed by atoms with E-state index in [0.29, 0.717) is 0 Å². The highest BCUT2D eigenvalue weighted by Crippen LogP contribution is 2.32. The Bertz CT molecular complexity index is 994. The van der Waals surface area contributed by atoms with Gasteiger partial charge in [-0.25, -0.2) is 9.13 Å². The Morgan fingerprint density at radius 1 is 1.25 bits per heavy atom. The summed E-state index contributed by atoms with van der Waals surface area (Å²) in [6.45, 7) is 0.819. The molecule has 0 amide bonds. The summed E-state index contributed by atoms with van der Waals surface area (Å²) in [7, 11) is 2.06. The molecule has 5 heterocycles. The Morgan fingerprint density at radius 3 is 3.15 bits per heavy atom. The summed E-state index contributed by atoms with van der Waals surface area (Å²) in [6, 6.07) is 5.95. The summed E-state index contributed by atoms with van der Waals surface area (Å²) >= 11 is 0. The van der Waals surface area contributed by atoms with Crippen LogP contribution in [0.5, 0.6) is 0 Å². The van der Waals surface area contributed by atoms with Gasteiger partial charge in [-0.3, -0.25) is 4.98 Å². The van der Waals surface area contributed by atoms with Crippen molar-refractivity contribution >= 4 is 16.9 Å². The van der Waals surface area contributed by atoms with Gasteiger partial charge in [-0.15, -0.1) is 9.61 Å². The first-order chi connectivity index (χ1) is 9.84. The van der Waals surface area contributed by atoms with Crippen LogP contribution in [0.2, 0.25) is 0 Å². The van der Waals surface area contributed by atoms with E-state index in [1.807, 2.05) is 29.0 Å². The van der Waals surface area contributed by atoms with Crippen LogP contribution in [0.15, 0.2) is 36.8 Å². The highest BCUT2D eigenvalue weighted by atomic mass is 15.4. The number of nitrogens with zero attached hydrogens (tertiary/aromatic N) is 6. The fourth-order valence-corrected chi connectivity index (χ4v) is 3.14. The second-order valence-corrected chi connectivity index (χ2v) is 5.05. The van der Waals surface area contributed by atoms with Crippen LogP contribution in [0.3, 0.4) is 0 Å². The van der Waals surface area contributed by atoms with Crippen LogP contribution in [-0.4, -0.2) is 24.1 Å². The van der Waals surface area contributed by atoms with Gasteiger partial charge in [0.15, 0.2) is 0 Å². The van der Waals surface area contributed by atoms with E-state index in [1.165, 1.54) is 17.0 Å². The van der Waals surface area contributed by atoms with Crippen molar-refractivity contribution in [2.75, 3.05) is 0 Å². The molecular formula is C14H11N6+. The molecule has 0 saturated heterocycles. The van der Waals surface area contributed by atoms with Crippen molar-refractivity contribution in [3.63, 3.8) is 0 Å². The zero-order valence-corrected chi connectivity index (χ0v) is 10.9. The minimum Gasteiger partial charge on any atom is -0.264 e. The van der Waals surface area contributed by atoms with Crippen LogP contribution in [0, 0.1) is 0 Å². The molecule has 0 N–H and O–H groups in total. The molecule has 5 rings (SSSR count). The number of aryl methyl sites for hydroxylation is 1. The van der Waals surface area contributed by atoms with E-state index >= 15 is 0 Å². The summed E-state index contributed by atoms with van der Waals surface area (Å²) in [6.07, 6.45) is 5.56. The molecule has 0 atom stereocenters. The van der Waals surface area contributed by atoms with Crippen molar-refractivity contribution in [3.8, 4) is 11.4 Å². The maximum atomic E-state index is 4.71. The molecule has 0 unspecified atom stereocenters. The van der Waals surface area contributed by atoms with Crippen molar-refractivity contribution in [1.29, 1.82) is 0 Å². The zero-order valence-electron chi connectivity index (χ0n) is 10.9. The lowest BCUT2D eigenvalue weighted by Gasteiger charge is -1.96. The molecular weight excluding hydrogens is 252 g/mol. The molecule has 1 aliphatic rings. The molecule has 1 aliphatic heterocycles. The lowest BCUT2D eigenvalue weighted by Crippen LogP contribution is -2.31. The molecule has 6 heteroatoms. The molecule has 0 spiro atoms. The molecule has 96 valence electrons. The van der Waals surface area contributed by atoms with Gasteiger partial charge in [0.05, 0.1) is 25.4 Å². The average Bonchev–Trinajstić information content (AvgIpc) is 3.10. The monoisotopic (exact) mass is 263 g/mol. The third-order valence-corrected chi connectivity index (χ3v) is 3.97. The van der Waals surface area contributed by atoms with Crippen LogP contribution in [0.25, 0.3) is 28.3 Å². The molecule has 0 radical (unpaired) electrons. The summed E-state index contributed by atoms with van der Waals surface area (Å²) < 4.78 is 6.28. The number of imidazole rings is 2. The number of hydrogen-bond donors (Lipinski definition) is 0. The van der Waals surface area contributed by atoms with Gasteiger partial charge in [-0.2, -0.15) is 4.98 Å². The quantitative estimate of drug-likeness (QED) is 0.391. The van der Waals surface area contributed by atoms with Gasteiger partial charge < -0.3 is 0 Å². The van der Waals surface area contributed by atoms with E-state index in [0.717, 1.165) is 23.5 Å². The number of aromatic nitrogens is 6. The second-order valence-electron chi connectivity index (χ2n) is 5.05. The minimum absolute atomic E-state index is 0.819. The van der Waals surface area contributed by atoms with E-state index in [9.17, 15) is 0 Å². The van der Waals surface area contributed by atoms with Gasteiger partial charge in [0.1, 0.15) is 0 Å². The smallest absolute Gasteiger partial charge is 0.264 e. The third kappa shape index (κ3) is 1.01. The molecule has 0 aromatic carbocycles. The minimum atomic E-state index is 0.819. The molecule has 0 bridgehead atoms. The van der Waals surface area contributed by atoms with E-state index in [-0.39, 0.29) is 0 Å². The van der Waals surface area contributed by atoms with E-state index in [1.54, 1.807) is 6.20 Å². The van der Waals surface area contributed by atoms with Gasteiger partial charge in [0.25, 0.3) is 5.65 Å². The van der Waals surface area contributed by atoms with Gasteiger partial charge in [0, 0.05) is 24.0 Å². The standard InChI is InChI=1S/C14H11N6/c1-18-13-10-4-6-15-7-9(10)8-19(13)12-14(18)20-11(17-12)3-2-5-16-20/h2-7H,8H2,1H3/q+1. The first kappa shape index (κ1) is 10.1. The summed E-state index contributed by atoms with van der Waals surface area (Å²) in [5.41, 5.74) is 5.34. The van der Waals surface area contributed by atoms with Crippen LogP contribution in [-0.2, 0) is 13.6 Å². The maximum absolute atomic E-state index is 4.71. The Morgan fingerprint density at radius 2 is 2.20 bits per heavy atom. The molecule has 4 aromatic rings. The largest absolute Gasteiger partial charge is 0.314 e. The SMILES string of the molecule is C[n+]1c2n(c3nc4cccnn4c31)Cc1cnccc1-2. The fourth-order valence-electron chi connectivity index (χ4n) is 3.14. The molecule has 0 saturated carbocycles.